The third kappa shape index (κ3) is 3.05. The highest BCUT2D eigenvalue weighted by Crippen LogP contribution is 2.31. The van der Waals surface area contributed by atoms with Crippen molar-refractivity contribution < 1.29 is 4.79 Å². The van der Waals surface area contributed by atoms with Gasteiger partial charge in [-0.25, -0.2) is 4.98 Å². The molecule has 4 nitrogen and oxygen atoms in total. The van der Waals surface area contributed by atoms with Crippen LogP contribution < -0.4 is 11.1 Å². The molecule has 2 heterocycles. The molecule has 1 atom stereocenters. The second-order valence-electron chi connectivity index (χ2n) is 6.26. The Morgan fingerprint density at radius 1 is 1.29 bits per heavy atom. The number of hydrogen-bond donors (Lipinski definition) is 2. The van der Waals surface area contributed by atoms with Gasteiger partial charge in [0.05, 0.1) is 21.7 Å². The molecule has 2 aromatic heterocycles. The number of nitrogens with two attached hydrogens (primary N) is 1. The van der Waals surface area contributed by atoms with E-state index in [9.17, 15) is 4.79 Å². The number of carbonyl (C=O) groups is 1. The van der Waals surface area contributed by atoms with Crippen LogP contribution in [0.1, 0.15) is 23.2 Å². The number of thiophene rings is 1. The number of carbonyl (C=O) groups excluding carboxylic acids is 1. The van der Waals surface area contributed by atoms with Gasteiger partial charge in [0.15, 0.2) is 0 Å². The molecule has 122 valence electrons. The van der Waals surface area contributed by atoms with Crippen molar-refractivity contribution >= 4 is 28.1 Å². The van der Waals surface area contributed by atoms with Crippen LogP contribution in [0.3, 0.4) is 0 Å². The Kier molecular flexibility index (Phi) is 4.04. The van der Waals surface area contributed by atoms with Crippen molar-refractivity contribution in [2.75, 3.05) is 6.54 Å². The molecule has 0 spiro atoms. The number of pyridine rings is 1. The first-order chi connectivity index (χ1) is 11.7. The van der Waals surface area contributed by atoms with E-state index in [1.807, 2.05) is 47.8 Å². The van der Waals surface area contributed by atoms with Gasteiger partial charge in [0.1, 0.15) is 0 Å². The Hall–Kier alpha value is -2.24. The van der Waals surface area contributed by atoms with E-state index in [-0.39, 0.29) is 11.9 Å². The van der Waals surface area contributed by atoms with E-state index < -0.39 is 0 Å². The molecule has 0 saturated heterocycles. The molecular formula is C19H19N3OS. The van der Waals surface area contributed by atoms with Crippen LogP contribution in [-0.2, 0) is 0 Å². The van der Waals surface area contributed by atoms with Crippen LogP contribution in [0.4, 0.5) is 0 Å². The van der Waals surface area contributed by atoms with Crippen molar-refractivity contribution in [3.8, 4) is 10.6 Å². The Labute approximate surface area is 144 Å². The summed E-state index contributed by atoms with van der Waals surface area (Å²) in [6.07, 6.45) is 2.36. The largest absolute Gasteiger partial charge is 0.350 e. The molecule has 1 unspecified atom stereocenters. The first-order valence-electron chi connectivity index (χ1n) is 8.20. The van der Waals surface area contributed by atoms with Crippen LogP contribution in [0.5, 0.6) is 0 Å². The van der Waals surface area contributed by atoms with Crippen LogP contribution in [0, 0.1) is 5.92 Å². The summed E-state index contributed by atoms with van der Waals surface area (Å²) in [7, 11) is 0. The molecule has 0 radical (unpaired) electrons. The van der Waals surface area contributed by atoms with Crippen LogP contribution in [0.2, 0.25) is 0 Å². The summed E-state index contributed by atoms with van der Waals surface area (Å²) in [6, 6.07) is 13.7. The second kappa shape index (κ2) is 6.34. The molecule has 0 aliphatic heterocycles. The molecule has 4 rings (SSSR count). The van der Waals surface area contributed by atoms with E-state index in [0.717, 1.165) is 21.5 Å². The van der Waals surface area contributed by atoms with Crippen LogP contribution in [0.15, 0.2) is 47.8 Å². The van der Waals surface area contributed by atoms with Crippen molar-refractivity contribution in [3.63, 3.8) is 0 Å². The van der Waals surface area contributed by atoms with E-state index >= 15 is 0 Å². The van der Waals surface area contributed by atoms with E-state index in [1.54, 1.807) is 11.3 Å². The number of rotatable bonds is 5. The van der Waals surface area contributed by atoms with E-state index in [1.165, 1.54) is 12.8 Å². The molecule has 5 heteroatoms. The van der Waals surface area contributed by atoms with E-state index in [2.05, 4.69) is 5.32 Å². The number of amides is 1. The monoisotopic (exact) mass is 337 g/mol. The molecule has 24 heavy (non-hydrogen) atoms. The van der Waals surface area contributed by atoms with Crippen LogP contribution in [0.25, 0.3) is 21.5 Å². The number of fused-ring (bicyclic) bond motifs is 1. The maximum atomic E-state index is 12.7. The molecule has 1 amide bonds. The molecule has 3 aromatic rings. The quantitative estimate of drug-likeness (QED) is 0.749. The Morgan fingerprint density at radius 2 is 2.12 bits per heavy atom. The zero-order valence-corrected chi connectivity index (χ0v) is 14.1. The standard InChI is InChI=1S/C19H19N3OS/c20-15(12-7-8-12)11-21-19(23)14-10-17(18-6-3-9-24-18)22-16-5-2-1-4-13(14)16/h1-6,9-10,12,15H,7-8,11,20H2,(H,21,23). The fraction of sp³-hybridized carbons (Fsp3) is 0.263. The molecule has 1 aliphatic carbocycles. The zero-order valence-electron chi connectivity index (χ0n) is 13.2. The van der Waals surface area contributed by atoms with Gasteiger partial charge in [-0.15, -0.1) is 11.3 Å². The maximum Gasteiger partial charge on any atom is 0.252 e. The second-order valence-corrected chi connectivity index (χ2v) is 7.21. The first-order valence-corrected chi connectivity index (χ1v) is 9.08. The fourth-order valence-corrected chi connectivity index (χ4v) is 3.60. The van der Waals surface area contributed by atoms with Gasteiger partial charge >= 0.3 is 0 Å². The van der Waals surface area contributed by atoms with E-state index in [4.69, 9.17) is 10.7 Å². The average molecular weight is 337 g/mol. The molecule has 3 N–H and O–H groups in total. The summed E-state index contributed by atoms with van der Waals surface area (Å²) in [5.74, 6) is 0.490. The highest BCUT2D eigenvalue weighted by Gasteiger charge is 2.28. The summed E-state index contributed by atoms with van der Waals surface area (Å²) in [5.41, 5.74) is 8.43. The van der Waals surface area contributed by atoms with Gasteiger partial charge in [-0.3, -0.25) is 4.79 Å². The highest BCUT2D eigenvalue weighted by atomic mass is 32.1. The van der Waals surface area contributed by atoms with Crippen molar-refractivity contribution in [2.45, 2.75) is 18.9 Å². The molecular weight excluding hydrogens is 318 g/mol. The van der Waals surface area contributed by atoms with Gasteiger partial charge in [-0.1, -0.05) is 24.3 Å². The molecule has 1 saturated carbocycles. The molecule has 1 aromatic carbocycles. The summed E-state index contributed by atoms with van der Waals surface area (Å²) in [4.78, 5) is 18.5. The molecule has 1 aliphatic rings. The normalized spacial score (nSPS) is 15.4. The third-order valence-corrected chi connectivity index (χ3v) is 5.35. The minimum absolute atomic E-state index is 0.0545. The van der Waals surface area contributed by atoms with E-state index in [0.29, 0.717) is 18.0 Å². The zero-order chi connectivity index (χ0) is 16.5. The number of nitrogens with one attached hydrogen (secondary N) is 1. The molecule has 1 fully saturated rings. The fourth-order valence-electron chi connectivity index (χ4n) is 2.91. The molecule has 0 bridgehead atoms. The number of nitrogens with zero attached hydrogens (tertiary/aromatic N) is 1. The summed E-state index contributed by atoms with van der Waals surface area (Å²) in [6.45, 7) is 0.522. The van der Waals surface area contributed by atoms with Gasteiger partial charge < -0.3 is 11.1 Å². The maximum absolute atomic E-state index is 12.7. The number of aromatic nitrogens is 1. The van der Waals surface area contributed by atoms with Crippen molar-refractivity contribution in [1.29, 1.82) is 0 Å². The van der Waals surface area contributed by atoms with Gasteiger partial charge in [-0.2, -0.15) is 0 Å². The summed E-state index contributed by atoms with van der Waals surface area (Å²) >= 11 is 1.62. The van der Waals surface area contributed by atoms with Gasteiger partial charge in [0.25, 0.3) is 5.91 Å². The lowest BCUT2D eigenvalue weighted by Gasteiger charge is -2.13. The lowest BCUT2D eigenvalue weighted by atomic mass is 10.1. The van der Waals surface area contributed by atoms with Crippen LogP contribution >= 0.6 is 11.3 Å². The highest BCUT2D eigenvalue weighted by molar-refractivity contribution is 7.13. The Morgan fingerprint density at radius 3 is 2.88 bits per heavy atom. The minimum Gasteiger partial charge on any atom is -0.350 e. The summed E-state index contributed by atoms with van der Waals surface area (Å²) in [5, 5.41) is 5.88. The smallest absolute Gasteiger partial charge is 0.252 e. The predicted molar refractivity (Wildman–Crippen MR) is 98.1 cm³/mol. The van der Waals surface area contributed by atoms with Crippen molar-refractivity contribution in [1.82, 2.24) is 10.3 Å². The number of hydrogen-bond acceptors (Lipinski definition) is 4. The number of benzene rings is 1. The Bertz CT molecular complexity index is 871. The lowest BCUT2D eigenvalue weighted by molar-refractivity contribution is 0.0952. The lowest BCUT2D eigenvalue weighted by Crippen LogP contribution is -2.38. The number of para-hydroxylation sites is 1. The topological polar surface area (TPSA) is 68.0 Å². The van der Waals surface area contributed by atoms with Crippen molar-refractivity contribution in [2.24, 2.45) is 11.7 Å². The summed E-state index contributed by atoms with van der Waals surface area (Å²) < 4.78 is 0. The van der Waals surface area contributed by atoms with Crippen LogP contribution in [-0.4, -0.2) is 23.5 Å². The first kappa shape index (κ1) is 15.3. The SMILES string of the molecule is NC(CNC(=O)c1cc(-c2cccs2)nc2ccccc12)C1CC1. The third-order valence-electron chi connectivity index (χ3n) is 4.46. The Balaban J connectivity index is 1.68. The predicted octanol–water partition coefficient (Wildman–Crippen LogP) is 3.43. The van der Waals surface area contributed by atoms with Gasteiger partial charge in [-0.05, 0) is 42.3 Å². The van der Waals surface area contributed by atoms with Gasteiger partial charge in [0, 0.05) is 18.0 Å². The average Bonchev–Trinajstić information content (AvgIpc) is 3.32. The minimum atomic E-state index is -0.0810. The van der Waals surface area contributed by atoms with Gasteiger partial charge in [0.2, 0.25) is 0 Å². The van der Waals surface area contributed by atoms with Crippen molar-refractivity contribution in [3.05, 3.63) is 53.4 Å².